The van der Waals surface area contributed by atoms with Crippen LogP contribution in [0.5, 0.6) is 5.75 Å². The Morgan fingerprint density at radius 2 is 1.47 bits per heavy atom. The molecule has 1 heterocycles. The Bertz CT molecular complexity index is 1160. The molecule has 32 heavy (non-hydrogen) atoms. The number of nitrogens with one attached hydrogen (secondary N) is 1. The molecule has 7 heteroatoms. The minimum absolute atomic E-state index is 0.273. The van der Waals surface area contributed by atoms with Crippen molar-refractivity contribution in [2.45, 2.75) is 19.6 Å². The van der Waals surface area contributed by atoms with Gasteiger partial charge in [-0.2, -0.15) is 0 Å². The number of hydrogen-bond acceptors (Lipinski definition) is 3. The third-order valence-electron chi connectivity index (χ3n) is 5.04. The van der Waals surface area contributed by atoms with Crippen LogP contribution in [0.1, 0.15) is 16.7 Å². The number of para-hydroxylation sites is 1. The maximum absolute atomic E-state index is 12.4. The molecule has 0 spiro atoms. The molecule has 4 rings (SSSR count). The van der Waals surface area contributed by atoms with E-state index in [4.69, 9.17) is 27.9 Å². The molecule has 1 fully saturated rings. The summed E-state index contributed by atoms with van der Waals surface area (Å²) in [6.45, 7) is 0.668. The minimum atomic E-state index is -0.441. The Morgan fingerprint density at radius 3 is 2.16 bits per heavy atom. The Morgan fingerprint density at radius 1 is 0.844 bits per heavy atom. The van der Waals surface area contributed by atoms with E-state index in [-0.39, 0.29) is 6.54 Å². The fourth-order valence-corrected chi connectivity index (χ4v) is 3.61. The predicted octanol–water partition coefficient (Wildman–Crippen LogP) is 5.75. The molecule has 162 valence electrons. The molecule has 0 saturated carbocycles. The van der Waals surface area contributed by atoms with Crippen molar-refractivity contribution in [1.82, 2.24) is 10.2 Å². The number of nitrogens with zero attached hydrogens (tertiary/aromatic N) is 1. The lowest BCUT2D eigenvalue weighted by Gasteiger charge is -2.16. The van der Waals surface area contributed by atoms with Gasteiger partial charge in [-0.05, 0) is 53.4 Å². The maximum atomic E-state index is 12.4. The first-order valence-electron chi connectivity index (χ1n) is 10.0. The van der Waals surface area contributed by atoms with Crippen molar-refractivity contribution < 1.29 is 14.3 Å². The van der Waals surface area contributed by atoms with E-state index in [0.29, 0.717) is 34.5 Å². The van der Waals surface area contributed by atoms with Gasteiger partial charge >= 0.3 is 6.03 Å². The summed E-state index contributed by atoms with van der Waals surface area (Å²) in [7, 11) is 0. The number of allylic oxidation sites excluding steroid dienone is 1. The van der Waals surface area contributed by atoms with E-state index in [1.807, 2.05) is 60.7 Å². The van der Waals surface area contributed by atoms with Crippen LogP contribution in [-0.2, 0) is 24.4 Å². The average Bonchev–Trinajstić information content (AvgIpc) is 3.06. The summed E-state index contributed by atoms with van der Waals surface area (Å²) in [5.41, 5.74) is 3.10. The molecule has 1 N–H and O–H groups in total. The zero-order valence-corrected chi connectivity index (χ0v) is 18.6. The van der Waals surface area contributed by atoms with Gasteiger partial charge in [0, 0.05) is 10.0 Å². The fraction of sp³-hybridized carbons (Fsp3) is 0.120. The molecule has 3 amide bonds. The molecule has 1 aliphatic heterocycles. The highest BCUT2D eigenvalue weighted by atomic mass is 35.5. The molecule has 0 aromatic heterocycles. The number of carbonyl (C=O) groups excluding carboxylic acids is 2. The van der Waals surface area contributed by atoms with Gasteiger partial charge in [0.05, 0.1) is 6.54 Å². The van der Waals surface area contributed by atoms with Gasteiger partial charge in [-0.3, -0.25) is 15.0 Å². The number of amides is 3. The van der Waals surface area contributed by atoms with Crippen LogP contribution in [0.4, 0.5) is 4.79 Å². The van der Waals surface area contributed by atoms with Gasteiger partial charge < -0.3 is 4.74 Å². The maximum Gasteiger partial charge on any atom is 0.329 e. The van der Waals surface area contributed by atoms with E-state index in [9.17, 15) is 9.59 Å². The number of halogens is 2. The number of benzene rings is 3. The number of rotatable bonds is 7. The highest BCUT2D eigenvalue weighted by Crippen LogP contribution is 2.24. The number of carbonyl (C=O) groups is 2. The molecule has 0 bridgehead atoms. The molecule has 1 aliphatic rings. The molecule has 1 saturated heterocycles. The van der Waals surface area contributed by atoms with Crippen molar-refractivity contribution in [3.8, 4) is 5.75 Å². The molecule has 5 nitrogen and oxygen atoms in total. The number of ether oxygens (including phenoxy) is 1. The van der Waals surface area contributed by atoms with Crippen LogP contribution in [-0.4, -0.2) is 16.8 Å². The second-order valence-corrected chi connectivity index (χ2v) is 8.16. The van der Waals surface area contributed by atoms with E-state index in [1.165, 1.54) is 4.90 Å². The Balaban J connectivity index is 1.49. The summed E-state index contributed by atoms with van der Waals surface area (Å²) in [4.78, 5) is 26.1. The smallest absolute Gasteiger partial charge is 0.329 e. The second kappa shape index (κ2) is 9.90. The molecule has 0 radical (unpaired) electrons. The molecular weight excluding hydrogens is 447 g/mol. The largest absolute Gasteiger partial charge is 0.489 e. The monoisotopic (exact) mass is 466 g/mol. The van der Waals surface area contributed by atoms with Crippen molar-refractivity contribution in [3.63, 3.8) is 0 Å². The predicted molar refractivity (Wildman–Crippen MR) is 125 cm³/mol. The summed E-state index contributed by atoms with van der Waals surface area (Å²) in [5.74, 6) is 0.303. The fourth-order valence-electron chi connectivity index (χ4n) is 3.35. The molecular formula is C25H20Cl2N2O3. The van der Waals surface area contributed by atoms with Crippen molar-refractivity contribution in [3.05, 3.63) is 111 Å². The summed E-state index contributed by atoms with van der Waals surface area (Å²) in [6, 6.07) is 21.8. The highest BCUT2D eigenvalue weighted by molar-refractivity contribution is 6.30. The van der Waals surface area contributed by atoms with Gasteiger partial charge in [-0.15, -0.1) is 0 Å². The third-order valence-corrected chi connectivity index (χ3v) is 5.54. The zero-order chi connectivity index (χ0) is 22.5. The van der Waals surface area contributed by atoms with Gasteiger partial charge in [0.15, 0.2) is 0 Å². The third kappa shape index (κ3) is 5.31. The van der Waals surface area contributed by atoms with Crippen LogP contribution >= 0.6 is 23.2 Å². The summed E-state index contributed by atoms with van der Waals surface area (Å²) >= 11 is 11.9. The summed E-state index contributed by atoms with van der Waals surface area (Å²) < 4.78 is 5.99. The number of imide groups is 1. The van der Waals surface area contributed by atoms with Crippen LogP contribution in [0.25, 0.3) is 0 Å². The molecule has 0 aliphatic carbocycles. The first-order valence-corrected chi connectivity index (χ1v) is 10.8. The SMILES string of the molecule is O=C1NC(=O)N(Cc2ccc(Cl)cc2)/C1=C\Cc1ccccc1OCc1ccc(Cl)cc1. The van der Waals surface area contributed by atoms with Gasteiger partial charge in [0.1, 0.15) is 18.1 Å². The van der Waals surface area contributed by atoms with Gasteiger partial charge in [0.25, 0.3) is 5.91 Å². The Hall–Kier alpha value is -3.28. The van der Waals surface area contributed by atoms with Crippen LogP contribution < -0.4 is 10.1 Å². The van der Waals surface area contributed by atoms with Crippen molar-refractivity contribution in [2.24, 2.45) is 0 Å². The lowest BCUT2D eigenvalue weighted by Crippen LogP contribution is -2.27. The topological polar surface area (TPSA) is 58.6 Å². The average molecular weight is 467 g/mol. The van der Waals surface area contributed by atoms with Gasteiger partial charge in [0.2, 0.25) is 0 Å². The minimum Gasteiger partial charge on any atom is -0.489 e. The normalized spacial score (nSPS) is 14.7. The van der Waals surface area contributed by atoms with Crippen molar-refractivity contribution >= 4 is 35.1 Å². The standard InChI is InChI=1S/C25H20Cl2N2O3/c26-20-10-5-17(6-11-20)15-29-22(24(30)28-25(29)31)14-9-19-3-1-2-4-23(19)32-16-18-7-12-21(27)13-8-18/h1-8,10-14H,9,15-16H2,(H,28,30,31)/b22-14-. The van der Waals surface area contributed by atoms with Crippen LogP contribution in [0.3, 0.4) is 0 Å². The lowest BCUT2D eigenvalue weighted by molar-refractivity contribution is -0.116. The first-order chi connectivity index (χ1) is 15.5. The van der Waals surface area contributed by atoms with E-state index in [0.717, 1.165) is 16.7 Å². The van der Waals surface area contributed by atoms with E-state index in [2.05, 4.69) is 5.32 Å². The number of urea groups is 1. The second-order valence-electron chi connectivity index (χ2n) is 7.29. The van der Waals surface area contributed by atoms with Gasteiger partial charge in [-0.25, -0.2) is 4.79 Å². The van der Waals surface area contributed by atoms with Crippen LogP contribution in [0.2, 0.25) is 10.0 Å². The van der Waals surface area contributed by atoms with Gasteiger partial charge in [-0.1, -0.05) is 71.7 Å². The summed E-state index contributed by atoms with van der Waals surface area (Å²) in [5, 5.41) is 3.65. The Labute approximate surface area is 196 Å². The molecule has 3 aromatic carbocycles. The quantitative estimate of drug-likeness (QED) is 0.356. The molecule has 0 atom stereocenters. The van der Waals surface area contributed by atoms with Crippen LogP contribution in [0.15, 0.2) is 84.6 Å². The molecule has 3 aromatic rings. The lowest BCUT2D eigenvalue weighted by atomic mass is 10.1. The number of hydrogen-bond donors (Lipinski definition) is 1. The van der Waals surface area contributed by atoms with Crippen molar-refractivity contribution in [2.75, 3.05) is 0 Å². The summed E-state index contributed by atoms with van der Waals surface area (Å²) in [6.07, 6.45) is 2.19. The van der Waals surface area contributed by atoms with E-state index < -0.39 is 11.9 Å². The molecule has 0 unspecified atom stereocenters. The first kappa shape index (κ1) is 21.9. The van der Waals surface area contributed by atoms with E-state index in [1.54, 1.807) is 18.2 Å². The van der Waals surface area contributed by atoms with Crippen LogP contribution in [0, 0.1) is 0 Å². The Kier molecular flexibility index (Phi) is 6.78. The highest BCUT2D eigenvalue weighted by Gasteiger charge is 2.32. The van der Waals surface area contributed by atoms with E-state index >= 15 is 0 Å². The van der Waals surface area contributed by atoms with Crippen molar-refractivity contribution in [1.29, 1.82) is 0 Å². The zero-order valence-electron chi connectivity index (χ0n) is 17.1.